The van der Waals surface area contributed by atoms with E-state index >= 15 is 8.63 Å². The summed E-state index contributed by atoms with van der Waals surface area (Å²) >= 11 is 0. The predicted molar refractivity (Wildman–Crippen MR) is 130 cm³/mol. The maximum atomic E-state index is 15.6. The molecule has 6 nitrogen and oxygen atoms in total. The minimum atomic E-state index is -4.05. The number of amides is 2. The molecule has 1 atom stereocenters. The molecule has 0 N–H and O–H groups in total. The Morgan fingerprint density at radius 1 is 1.20 bits per heavy atom. The van der Waals surface area contributed by atoms with Crippen LogP contribution in [-0.4, -0.2) is 62.9 Å². The van der Waals surface area contributed by atoms with Crippen molar-refractivity contribution in [1.82, 2.24) is 14.3 Å². The zero-order valence-electron chi connectivity index (χ0n) is 19.9. The van der Waals surface area contributed by atoms with Crippen LogP contribution in [0.1, 0.15) is 47.0 Å². The van der Waals surface area contributed by atoms with Crippen LogP contribution < -0.4 is 0 Å². The monoisotopic (exact) mass is 476 g/mol. The van der Waals surface area contributed by atoms with Crippen LogP contribution >= 0.6 is 0 Å². The summed E-state index contributed by atoms with van der Waals surface area (Å²) in [4.78, 5) is 29.5. The van der Waals surface area contributed by atoms with Crippen LogP contribution in [0.15, 0.2) is 48.2 Å². The molecule has 5 heterocycles. The third-order valence-electron chi connectivity index (χ3n) is 7.81. The fourth-order valence-corrected chi connectivity index (χ4v) is 6.15. The summed E-state index contributed by atoms with van der Waals surface area (Å²) in [5.74, 6) is -0.236. The number of piperazine rings is 1. The highest BCUT2D eigenvalue weighted by atomic mass is 19.2. The van der Waals surface area contributed by atoms with Crippen molar-refractivity contribution in [1.29, 1.82) is 0 Å². The molecular weight excluding hydrogens is 449 g/mol. The smallest absolute Gasteiger partial charge is 0.394 e. The van der Waals surface area contributed by atoms with E-state index in [-0.39, 0.29) is 37.2 Å². The van der Waals surface area contributed by atoms with Crippen molar-refractivity contribution in [3.63, 3.8) is 0 Å². The summed E-state index contributed by atoms with van der Waals surface area (Å²) in [6, 6.07) is 9.69. The minimum absolute atomic E-state index is 0.0445. The van der Waals surface area contributed by atoms with Crippen LogP contribution in [0.2, 0.25) is 0 Å². The molecule has 0 unspecified atom stereocenters. The molecule has 4 aliphatic rings. The second kappa shape index (κ2) is 7.76. The van der Waals surface area contributed by atoms with Crippen molar-refractivity contribution >= 4 is 30.6 Å². The second-order valence-corrected chi connectivity index (χ2v) is 9.90. The van der Waals surface area contributed by atoms with E-state index in [2.05, 4.69) is 6.07 Å². The Hall–Kier alpha value is -3.49. The van der Waals surface area contributed by atoms with E-state index in [0.717, 1.165) is 26.5 Å². The number of carbonyl (C=O) groups is 2. The van der Waals surface area contributed by atoms with Gasteiger partial charge in [-0.25, -0.2) is 0 Å². The van der Waals surface area contributed by atoms with Crippen molar-refractivity contribution < 1.29 is 22.7 Å². The molecular formula is C26H27BF2N4O2. The van der Waals surface area contributed by atoms with Crippen LogP contribution in [-0.2, 0) is 16.0 Å². The Balaban J connectivity index is 1.22. The molecule has 1 aromatic carbocycles. The van der Waals surface area contributed by atoms with E-state index < -0.39 is 6.97 Å². The number of aromatic nitrogens is 1. The summed E-state index contributed by atoms with van der Waals surface area (Å²) in [5.41, 5.74) is 5.06. The number of allylic oxidation sites excluding steroid dienone is 2. The Kier molecular flexibility index (Phi) is 4.88. The Labute approximate surface area is 202 Å². The van der Waals surface area contributed by atoms with Gasteiger partial charge >= 0.3 is 6.97 Å². The van der Waals surface area contributed by atoms with Gasteiger partial charge in [-0.05, 0) is 48.7 Å². The van der Waals surface area contributed by atoms with Gasteiger partial charge in [0.25, 0.3) is 0 Å². The van der Waals surface area contributed by atoms with Crippen LogP contribution in [0.25, 0.3) is 6.08 Å². The van der Waals surface area contributed by atoms with Gasteiger partial charge in [0.1, 0.15) is 5.71 Å². The number of rotatable bonds is 3. The third kappa shape index (κ3) is 3.31. The molecule has 0 saturated carbocycles. The Morgan fingerprint density at radius 3 is 2.83 bits per heavy atom. The SMILES string of the molecule is Cc1cc(C)n2c1C=C1C=CC(CCC(=O)N3CC(=O)N4CCc5ccccc5[C@@H]4C3)=[N+]1[B-]2(F)F. The summed E-state index contributed by atoms with van der Waals surface area (Å²) in [6.45, 7) is 0.623. The summed E-state index contributed by atoms with van der Waals surface area (Å²) < 4.78 is 33.5. The molecule has 1 saturated heterocycles. The topological polar surface area (TPSA) is 48.6 Å². The summed E-state index contributed by atoms with van der Waals surface area (Å²) in [7, 11) is 0. The van der Waals surface area contributed by atoms with Gasteiger partial charge in [-0.1, -0.05) is 24.3 Å². The van der Waals surface area contributed by atoms with Crippen LogP contribution in [0.5, 0.6) is 0 Å². The Bertz CT molecular complexity index is 1370. The van der Waals surface area contributed by atoms with E-state index in [0.29, 0.717) is 35.9 Å². The lowest BCUT2D eigenvalue weighted by molar-refractivity contribution is -0.362. The zero-order chi connectivity index (χ0) is 24.5. The number of carbonyl (C=O) groups excluding carboxylic acids is 2. The van der Waals surface area contributed by atoms with Gasteiger partial charge in [0, 0.05) is 49.9 Å². The second-order valence-electron chi connectivity index (χ2n) is 9.90. The van der Waals surface area contributed by atoms with Crippen molar-refractivity contribution in [3.8, 4) is 0 Å². The first-order valence-corrected chi connectivity index (χ1v) is 12.2. The normalized spacial score (nSPS) is 22.0. The van der Waals surface area contributed by atoms with Crippen LogP contribution in [0, 0.1) is 13.8 Å². The van der Waals surface area contributed by atoms with Gasteiger partial charge in [-0.3, -0.25) is 9.59 Å². The van der Waals surface area contributed by atoms with Gasteiger partial charge < -0.3 is 27.4 Å². The van der Waals surface area contributed by atoms with Crippen molar-refractivity contribution in [2.45, 2.75) is 39.2 Å². The zero-order valence-corrected chi connectivity index (χ0v) is 19.9. The standard InChI is InChI=1S/C26H27BF2N4O2/c1-17-13-18(2)32-23(17)14-21-8-7-20(33(21)27(32,28)29)9-10-25(34)30-15-24-22-6-4-3-5-19(22)11-12-31(24)26(35)16-30/h3-8,13-14,24H,9-12,15-16H2,1-2H3/t24-/m0/s1. The number of benzene rings is 1. The highest BCUT2D eigenvalue weighted by Gasteiger charge is 2.52. The molecule has 0 aliphatic carbocycles. The van der Waals surface area contributed by atoms with Gasteiger partial charge in [-0.15, -0.1) is 0 Å². The third-order valence-corrected chi connectivity index (χ3v) is 7.81. The molecule has 35 heavy (non-hydrogen) atoms. The molecule has 0 spiro atoms. The number of aryl methyl sites for hydroxylation is 2. The largest absolute Gasteiger partial charge is 0.737 e. The molecule has 9 heteroatoms. The lowest BCUT2D eigenvalue weighted by Crippen LogP contribution is -2.55. The van der Waals surface area contributed by atoms with E-state index in [9.17, 15) is 9.59 Å². The Morgan fingerprint density at radius 2 is 2.00 bits per heavy atom. The van der Waals surface area contributed by atoms with E-state index in [4.69, 9.17) is 0 Å². The van der Waals surface area contributed by atoms with E-state index in [1.54, 1.807) is 36.1 Å². The quantitative estimate of drug-likeness (QED) is 0.638. The first-order chi connectivity index (χ1) is 16.8. The average molecular weight is 476 g/mol. The van der Waals surface area contributed by atoms with E-state index in [1.165, 1.54) is 5.56 Å². The molecule has 0 radical (unpaired) electrons. The number of nitrogens with zero attached hydrogens (tertiary/aromatic N) is 4. The van der Waals surface area contributed by atoms with Crippen molar-refractivity contribution in [2.24, 2.45) is 0 Å². The molecule has 180 valence electrons. The summed E-state index contributed by atoms with van der Waals surface area (Å²) in [5, 5.41) is 0. The maximum absolute atomic E-state index is 15.6. The fourth-order valence-electron chi connectivity index (χ4n) is 6.15. The van der Waals surface area contributed by atoms with Gasteiger partial charge in [0.05, 0.1) is 12.6 Å². The van der Waals surface area contributed by atoms with Crippen LogP contribution in [0.4, 0.5) is 8.63 Å². The van der Waals surface area contributed by atoms with Gasteiger partial charge in [-0.2, -0.15) is 0 Å². The average Bonchev–Trinajstić information content (AvgIpc) is 3.38. The van der Waals surface area contributed by atoms with E-state index in [1.807, 2.05) is 30.0 Å². The molecule has 2 amide bonds. The van der Waals surface area contributed by atoms with Crippen LogP contribution in [0.3, 0.4) is 0 Å². The molecule has 6 rings (SSSR count). The molecule has 4 aliphatic heterocycles. The molecule has 1 fully saturated rings. The first kappa shape index (κ1) is 22.0. The van der Waals surface area contributed by atoms with Gasteiger partial charge in [0.15, 0.2) is 5.70 Å². The maximum Gasteiger partial charge on any atom is 0.737 e. The highest BCUT2D eigenvalue weighted by Crippen LogP contribution is 2.35. The lowest BCUT2D eigenvalue weighted by Gasteiger charge is -2.44. The highest BCUT2D eigenvalue weighted by molar-refractivity contribution is 6.58. The van der Waals surface area contributed by atoms with Gasteiger partial charge in [0.2, 0.25) is 11.8 Å². The number of fused-ring (bicyclic) bond motifs is 5. The van der Waals surface area contributed by atoms with Crippen molar-refractivity contribution in [2.75, 3.05) is 19.6 Å². The number of hydrogen-bond acceptors (Lipinski definition) is 2. The predicted octanol–water partition coefficient (Wildman–Crippen LogP) is 3.45. The number of hydrogen-bond donors (Lipinski definition) is 0. The minimum Gasteiger partial charge on any atom is -0.394 e. The first-order valence-electron chi connectivity index (χ1n) is 12.2. The summed E-state index contributed by atoms with van der Waals surface area (Å²) in [6.07, 6.45) is 6.25. The molecule has 0 bridgehead atoms. The lowest BCUT2D eigenvalue weighted by atomic mass is 9.90. The molecule has 1 aromatic heterocycles. The fraction of sp³-hybridized carbons (Fsp3) is 0.346. The molecule has 2 aromatic rings. The number of halogens is 2. The van der Waals surface area contributed by atoms with Crippen molar-refractivity contribution in [3.05, 3.63) is 76.3 Å².